The van der Waals surface area contributed by atoms with Crippen LogP contribution in [0.3, 0.4) is 0 Å². The van der Waals surface area contributed by atoms with Gasteiger partial charge in [0.25, 0.3) is 0 Å². The molecular weight excluding hydrogens is 120 g/mol. The van der Waals surface area contributed by atoms with Gasteiger partial charge >= 0.3 is 6.09 Å². The fourth-order valence-corrected chi connectivity index (χ4v) is 0.223. The number of carbonyl (C=O) groups excluding carboxylic acids is 1. The van der Waals surface area contributed by atoms with Crippen LogP contribution >= 0.6 is 0 Å². The second-order valence-corrected chi connectivity index (χ2v) is 1.61. The van der Waals surface area contributed by atoms with Crippen LogP contribution in [0.25, 0.3) is 0 Å². The van der Waals surface area contributed by atoms with E-state index in [1.807, 2.05) is 0 Å². The molecule has 0 bridgehead atoms. The topological polar surface area (TPSA) is 53.3 Å². The second kappa shape index (κ2) is 3.72. The Bertz CT molecular complexity index is 136. The predicted molar refractivity (Wildman–Crippen MR) is 30.6 cm³/mol. The van der Waals surface area contributed by atoms with Crippen molar-refractivity contribution in [3.63, 3.8) is 0 Å². The van der Waals surface area contributed by atoms with Crippen LogP contribution in [0.2, 0.25) is 0 Å². The summed E-state index contributed by atoms with van der Waals surface area (Å²) in [7, 11) is 3.11. The van der Waals surface area contributed by atoms with Crippen molar-refractivity contribution in [2.24, 2.45) is 0 Å². The first-order chi connectivity index (χ1) is 4.18. The summed E-state index contributed by atoms with van der Waals surface area (Å²) < 4.78 is 4.38. The van der Waals surface area contributed by atoms with Gasteiger partial charge in [-0.15, -0.1) is 0 Å². The molecule has 0 aliphatic heterocycles. The van der Waals surface area contributed by atoms with E-state index >= 15 is 0 Å². The van der Waals surface area contributed by atoms with Gasteiger partial charge in [0.2, 0.25) is 0 Å². The number of hydrogen-bond acceptors (Lipinski definition) is 3. The minimum Gasteiger partial charge on any atom is -0.434 e. The van der Waals surface area contributed by atoms with Gasteiger partial charge in [0.05, 0.1) is 0 Å². The molecule has 4 heteroatoms. The second-order valence-electron chi connectivity index (χ2n) is 1.61. The first-order valence-electron chi connectivity index (χ1n) is 2.39. The Kier molecular flexibility index (Phi) is 3.21. The summed E-state index contributed by atoms with van der Waals surface area (Å²) in [5, 5.41) is 7.95. The Morgan fingerprint density at radius 2 is 2.33 bits per heavy atom. The van der Waals surface area contributed by atoms with Gasteiger partial charge in [-0.05, 0) is 0 Å². The quantitative estimate of drug-likeness (QED) is 0.507. The van der Waals surface area contributed by atoms with Crippen molar-refractivity contribution in [3.05, 3.63) is 0 Å². The van der Waals surface area contributed by atoms with Gasteiger partial charge in [-0.1, -0.05) is 0 Å². The first-order valence-corrected chi connectivity index (χ1v) is 2.39. The highest BCUT2D eigenvalue weighted by atomic mass is 16.5. The summed E-state index contributed by atoms with van der Waals surface area (Å²) in [4.78, 5) is 11.7. The molecule has 0 aromatic carbocycles. The molecule has 1 amide bonds. The molecule has 0 rings (SSSR count). The van der Waals surface area contributed by atoms with Gasteiger partial charge in [0.1, 0.15) is 6.07 Å². The Hall–Kier alpha value is -1.24. The van der Waals surface area contributed by atoms with Crippen LogP contribution in [0.15, 0.2) is 0 Å². The lowest BCUT2D eigenvalue weighted by Gasteiger charge is -2.07. The molecule has 50 valence electrons. The lowest BCUT2D eigenvalue weighted by atomic mass is 10.8. The standard InChI is InChI=1S/C5H8N2O2/c1-7(2)5(8)9-4-3-6/h4H2,1-2H3. The SMILES string of the molecule is CN(C)C(=O)OCC#N. The molecule has 0 spiro atoms. The average molecular weight is 128 g/mol. The number of rotatable bonds is 1. The Labute approximate surface area is 53.6 Å². The van der Waals surface area contributed by atoms with E-state index in [1.165, 1.54) is 4.90 Å². The van der Waals surface area contributed by atoms with E-state index in [1.54, 1.807) is 20.2 Å². The van der Waals surface area contributed by atoms with Crippen LogP contribution in [-0.4, -0.2) is 31.7 Å². The van der Waals surface area contributed by atoms with Gasteiger partial charge in [0, 0.05) is 14.1 Å². The third-order valence-corrected chi connectivity index (χ3v) is 0.625. The number of ether oxygens (including phenoxy) is 1. The molecule has 0 radical (unpaired) electrons. The molecule has 0 unspecified atom stereocenters. The van der Waals surface area contributed by atoms with Crippen molar-refractivity contribution in [3.8, 4) is 6.07 Å². The zero-order valence-electron chi connectivity index (χ0n) is 5.42. The van der Waals surface area contributed by atoms with E-state index < -0.39 is 6.09 Å². The lowest BCUT2D eigenvalue weighted by molar-refractivity contribution is 0.131. The summed E-state index contributed by atoms with van der Waals surface area (Å²) in [6, 6.07) is 1.68. The largest absolute Gasteiger partial charge is 0.434 e. The van der Waals surface area contributed by atoms with E-state index in [-0.39, 0.29) is 6.61 Å². The molecule has 0 aliphatic rings. The molecule has 0 aliphatic carbocycles. The van der Waals surface area contributed by atoms with Crippen molar-refractivity contribution in [1.82, 2.24) is 4.90 Å². The summed E-state index contributed by atoms with van der Waals surface area (Å²) in [5.41, 5.74) is 0. The minimum atomic E-state index is -0.489. The summed E-state index contributed by atoms with van der Waals surface area (Å²) >= 11 is 0. The zero-order chi connectivity index (χ0) is 7.28. The molecule has 4 nitrogen and oxygen atoms in total. The number of carbonyl (C=O) groups is 1. The maximum Gasteiger partial charge on any atom is 0.410 e. The normalized spacial score (nSPS) is 7.67. The Balaban J connectivity index is 3.42. The third kappa shape index (κ3) is 3.35. The van der Waals surface area contributed by atoms with Crippen molar-refractivity contribution >= 4 is 6.09 Å². The van der Waals surface area contributed by atoms with Crippen LogP contribution in [0.4, 0.5) is 4.79 Å². The number of hydrogen-bond donors (Lipinski definition) is 0. The molecule has 0 aromatic heterocycles. The van der Waals surface area contributed by atoms with Crippen LogP contribution in [0, 0.1) is 11.3 Å². The van der Waals surface area contributed by atoms with Crippen LogP contribution in [0.5, 0.6) is 0 Å². The summed E-state index contributed by atoms with van der Waals surface area (Å²) in [5.74, 6) is 0. The molecule has 0 N–H and O–H groups in total. The van der Waals surface area contributed by atoms with E-state index in [0.29, 0.717) is 0 Å². The third-order valence-electron chi connectivity index (χ3n) is 0.625. The fourth-order valence-electron chi connectivity index (χ4n) is 0.223. The number of nitriles is 1. The number of amides is 1. The molecule has 0 saturated heterocycles. The van der Waals surface area contributed by atoms with Gasteiger partial charge < -0.3 is 9.64 Å². The van der Waals surface area contributed by atoms with Crippen LogP contribution < -0.4 is 0 Å². The lowest BCUT2D eigenvalue weighted by Crippen LogP contribution is -2.22. The Morgan fingerprint density at radius 3 is 2.67 bits per heavy atom. The van der Waals surface area contributed by atoms with Gasteiger partial charge in [-0.25, -0.2) is 4.79 Å². The van der Waals surface area contributed by atoms with Crippen LogP contribution in [0.1, 0.15) is 0 Å². The van der Waals surface area contributed by atoms with Crippen molar-refractivity contribution in [1.29, 1.82) is 5.26 Å². The van der Waals surface area contributed by atoms with E-state index in [9.17, 15) is 4.79 Å². The van der Waals surface area contributed by atoms with Gasteiger partial charge in [-0.2, -0.15) is 5.26 Å². The van der Waals surface area contributed by atoms with Crippen molar-refractivity contribution in [2.45, 2.75) is 0 Å². The average Bonchev–Trinajstić information content (AvgIpc) is 1.82. The molecule has 0 fully saturated rings. The van der Waals surface area contributed by atoms with Gasteiger partial charge in [0.15, 0.2) is 6.61 Å². The monoisotopic (exact) mass is 128 g/mol. The Morgan fingerprint density at radius 1 is 1.78 bits per heavy atom. The highest BCUT2D eigenvalue weighted by Crippen LogP contribution is 1.82. The van der Waals surface area contributed by atoms with Crippen molar-refractivity contribution < 1.29 is 9.53 Å². The van der Waals surface area contributed by atoms with Gasteiger partial charge in [-0.3, -0.25) is 0 Å². The predicted octanol–water partition coefficient (Wildman–Crippen LogP) is 0.208. The molecule has 0 heterocycles. The molecular formula is C5H8N2O2. The minimum absolute atomic E-state index is 0.184. The van der Waals surface area contributed by atoms with E-state index in [2.05, 4.69) is 4.74 Å². The van der Waals surface area contributed by atoms with E-state index in [4.69, 9.17) is 5.26 Å². The van der Waals surface area contributed by atoms with Crippen molar-refractivity contribution in [2.75, 3.05) is 20.7 Å². The highest BCUT2D eigenvalue weighted by molar-refractivity contribution is 5.66. The maximum absolute atomic E-state index is 10.5. The summed E-state index contributed by atoms with van der Waals surface area (Å²) in [6.45, 7) is -0.184. The smallest absolute Gasteiger partial charge is 0.410 e. The molecule has 9 heavy (non-hydrogen) atoms. The first kappa shape index (κ1) is 7.76. The number of nitrogens with zero attached hydrogens (tertiary/aromatic N) is 2. The summed E-state index contributed by atoms with van der Waals surface area (Å²) in [6.07, 6.45) is -0.489. The fraction of sp³-hybridized carbons (Fsp3) is 0.600. The maximum atomic E-state index is 10.5. The van der Waals surface area contributed by atoms with Crippen LogP contribution in [-0.2, 0) is 4.74 Å². The zero-order valence-corrected chi connectivity index (χ0v) is 5.42. The molecule has 0 atom stereocenters. The highest BCUT2D eigenvalue weighted by Gasteiger charge is 2.01. The van der Waals surface area contributed by atoms with E-state index in [0.717, 1.165) is 0 Å². The molecule has 0 aromatic rings. The molecule has 0 saturated carbocycles.